The number of rotatable bonds is 6. The highest BCUT2D eigenvalue weighted by molar-refractivity contribution is 9.10. The van der Waals surface area contributed by atoms with Crippen molar-refractivity contribution >= 4 is 27.7 Å². The van der Waals surface area contributed by atoms with Gasteiger partial charge in [-0.05, 0) is 34.3 Å². The molecule has 1 heterocycles. The van der Waals surface area contributed by atoms with Crippen molar-refractivity contribution in [1.82, 2.24) is 10.3 Å². The number of aromatic nitrogens is 1. The molecule has 5 nitrogen and oxygen atoms in total. The van der Waals surface area contributed by atoms with Crippen LogP contribution in [0.3, 0.4) is 0 Å². The van der Waals surface area contributed by atoms with Crippen molar-refractivity contribution in [1.29, 1.82) is 0 Å². The van der Waals surface area contributed by atoms with Gasteiger partial charge in [-0.15, -0.1) is 0 Å². The van der Waals surface area contributed by atoms with Gasteiger partial charge < -0.3 is 15.3 Å². The number of amides is 1. The number of aliphatic hydroxyl groups excluding tert-OH is 1. The molecule has 0 bridgehead atoms. The highest BCUT2D eigenvalue weighted by Gasteiger charge is 2.15. The third-order valence-corrected chi connectivity index (χ3v) is 3.43. The zero-order valence-electron chi connectivity index (χ0n) is 12.4. The van der Waals surface area contributed by atoms with Gasteiger partial charge in [-0.1, -0.05) is 13.8 Å². The van der Waals surface area contributed by atoms with Crippen LogP contribution in [0.15, 0.2) is 16.7 Å². The first-order chi connectivity index (χ1) is 9.32. The molecule has 0 aromatic carbocycles. The molecule has 1 unspecified atom stereocenters. The first-order valence-electron chi connectivity index (χ1n) is 6.62. The summed E-state index contributed by atoms with van der Waals surface area (Å²) in [4.78, 5) is 18.2. The summed E-state index contributed by atoms with van der Waals surface area (Å²) in [7, 11) is 3.69. The zero-order valence-corrected chi connectivity index (χ0v) is 13.9. The Balaban J connectivity index is 2.70. The van der Waals surface area contributed by atoms with E-state index in [1.807, 2.05) is 27.9 Å². The minimum atomic E-state index is -0.399. The molecule has 0 fully saturated rings. The van der Waals surface area contributed by atoms with Crippen molar-refractivity contribution in [2.45, 2.75) is 26.4 Å². The van der Waals surface area contributed by atoms with Crippen LogP contribution in [0.1, 0.15) is 30.6 Å². The van der Waals surface area contributed by atoms with Crippen molar-refractivity contribution in [2.24, 2.45) is 5.92 Å². The monoisotopic (exact) mass is 343 g/mol. The third kappa shape index (κ3) is 4.76. The summed E-state index contributed by atoms with van der Waals surface area (Å²) in [6.07, 6.45) is 1.81. The van der Waals surface area contributed by atoms with Gasteiger partial charge in [-0.25, -0.2) is 4.98 Å². The molecule has 112 valence electrons. The molecule has 0 aliphatic carbocycles. The molecule has 0 saturated carbocycles. The minimum Gasteiger partial charge on any atom is -0.393 e. The lowest BCUT2D eigenvalue weighted by atomic mass is 10.0. The number of aliphatic hydroxyl groups is 1. The van der Waals surface area contributed by atoms with E-state index in [0.717, 1.165) is 4.47 Å². The summed E-state index contributed by atoms with van der Waals surface area (Å²) < 4.78 is 0.760. The maximum absolute atomic E-state index is 12.2. The normalized spacial score (nSPS) is 12.3. The average Bonchev–Trinajstić information content (AvgIpc) is 2.37. The van der Waals surface area contributed by atoms with Gasteiger partial charge in [0, 0.05) is 31.3 Å². The Kier molecular flexibility index (Phi) is 6.42. The number of carbonyl (C=O) groups is 1. The molecule has 6 heteroatoms. The van der Waals surface area contributed by atoms with Gasteiger partial charge in [-0.2, -0.15) is 0 Å². The lowest BCUT2D eigenvalue weighted by molar-refractivity contribution is 0.0920. The van der Waals surface area contributed by atoms with E-state index < -0.39 is 6.10 Å². The summed E-state index contributed by atoms with van der Waals surface area (Å²) in [5.41, 5.74) is 0.517. The van der Waals surface area contributed by atoms with Gasteiger partial charge in [0.1, 0.15) is 5.82 Å². The fourth-order valence-corrected chi connectivity index (χ4v) is 2.05. The second-order valence-corrected chi connectivity index (χ2v) is 6.19. The van der Waals surface area contributed by atoms with E-state index in [2.05, 4.69) is 26.2 Å². The molecular formula is C14H22BrN3O2. The standard InChI is InChI=1S/C14H22BrN3O2/c1-9(2)12(19)5-6-16-14(20)11-7-10(15)8-17-13(11)18(3)4/h7-9,12,19H,5-6H2,1-4H3,(H,16,20). The zero-order chi connectivity index (χ0) is 15.3. The van der Waals surface area contributed by atoms with Crippen LogP contribution in [-0.2, 0) is 0 Å². The van der Waals surface area contributed by atoms with E-state index in [1.54, 1.807) is 17.2 Å². The molecule has 0 aliphatic rings. The van der Waals surface area contributed by atoms with E-state index in [0.29, 0.717) is 24.3 Å². The van der Waals surface area contributed by atoms with Crippen LogP contribution < -0.4 is 10.2 Å². The second-order valence-electron chi connectivity index (χ2n) is 5.28. The van der Waals surface area contributed by atoms with E-state index in [-0.39, 0.29) is 11.8 Å². The van der Waals surface area contributed by atoms with Gasteiger partial charge in [0.2, 0.25) is 0 Å². The van der Waals surface area contributed by atoms with Crippen molar-refractivity contribution in [3.8, 4) is 0 Å². The molecule has 1 amide bonds. The molecule has 2 N–H and O–H groups in total. The van der Waals surface area contributed by atoms with Crippen LogP contribution in [0, 0.1) is 5.92 Å². The Hall–Kier alpha value is -1.14. The van der Waals surface area contributed by atoms with Crippen LogP contribution in [-0.4, -0.2) is 42.7 Å². The SMILES string of the molecule is CC(C)C(O)CCNC(=O)c1cc(Br)cnc1N(C)C. The number of hydrogen-bond donors (Lipinski definition) is 2. The van der Waals surface area contributed by atoms with Crippen molar-refractivity contribution < 1.29 is 9.90 Å². The Bertz CT molecular complexity index is 464. The third-order valence-electron chi connectivity index (χ3n) is 3.00. The van der Waals surface area contributed by atoms with E-state index in [9.17, 15) is 9.90 Å². The van der Waals surface area contributed by atoms with Crippen molar-refractivity contribution in [2.75, 3.05) is 25.5 Å². The average molecular weight is 344 g/mol. The maximum Gasteiger partial charge on any atom is 0.255 e. The molecule has 0 radical (unpaired) electrons. The largest absolute Gasteiger partial charge is 0.393 e. The predicted octanol–water partition coefficient (Wildman–Crippen LogP) is 2.05. The van der Waals surface area contributed by atoms with Crippen molar-refractivity contribution in [3.05, 3.63) is 22.3 Å². The lowest BCUT2D eigenvalue weighted by Gasteiger charge is -2.17. The number of hydrogen-bond acceptors (Lipinski definition) is 4. The molecular weight excluding hydrogens is 322 g/mol. The smallest absolute Gasteiger partial charge is 0.255 e. The maximum atomic E-state index is 12.2. The highest BCUT2D eigenvalue weighted by atomic mass is 79.9. The van der Waals surface area contributed by atoms with E-state index in [1.165, 1.54) is 0 Å². The Labute approximate surface area is 128 Å². The number of nitrogens with one attached hydrogen (secondary N) is 1. The second kappa shape index (κ2) is 7.59. The molecule has 1 aromatic heterocycles. The van der Waals surface area contributed by atoms with E-state index in [4.69, 9.17) is 0 Å². The summed E-state index contributed by atoms with van der Waals surface area (Å²) in [5, 5.41) is 12.5. The number of carbonyl (C=O) groups excluding carboxylic acids is 1. The lowest BCUT2D eigenvalue weighted by Crippen LogP contribution is -2.30. The van der Waals surface area contributed by atoms with Crippen LogP contribution in [0.5, 0.6) is 0 Å². The van der Waals surface area contributed by atoms with Crippen LogP contribution in [0.4, 0.5) is 5.82 Å². The number of halogens is 1. The van der Waals surface area contributed by atoms with E-state index >= 15 is 0 Å². The molecule has 0 spiro atoms. The Morgan fingerprint density at radius 1 is 1.50 bits per heavy atom. The van der Waals surface area contributed by atoms with Gasteiger partial charge in [0.15, 0.2) is 0 Å². The summed E-state index contributed by atoms with van der Waals surface area (Å²) >= 11 is 3.32. The predicted molar refractivity (Wildman–Crippen MR) is 84.1 cm³/mol. The van der Waals surface area contributed by atoms with Crippen LogP contribution >= 0.6 is 15.9 Å². The number of pyridine rings is 1. The first kappa shape index (κ1) is 16.9. The summed E-state index contributed by atoms with van der Waals surface area (Å²) in [6.45, 7) is 4.35. The summed E-state index contributed by atoms with van der Waals surface area (Å²) in [5.74, 6) is 0.630. The van der Waals surface area contributed by atoms with Crippen LogP contribution in [0.2, 0.25) is 0 Å². The van der Waals surface area contributed by atoms with Crippen LogP contribution in [0.25, 0.3) is 0 Å². The molecule has 1 aromatic rings. The van der Waals surface area contributed by atoms with Gasteiger partial charge in [0.25, 0.3) is 5.91 Å². The van der Waals surface area contributed by atoms with Gasteiger partial charge in [0.05, 0.1) is 11.7 Å². The topological polar surface area (TPSA) is 65.5 Å². The quantitative estimate of drug-likeness (QED) is 0.829. The van der Waals surface area contributed by atoms with Gasteiger partial charge in [-0.3, -0.25) is 4.79 Å². The molecule has 1 rings (SSSR count). The molecule has 0 aliphatic heterocycles. The fourth-order valence-electron chi connectivity index (χ4n) is 1.72. The fraction of sp³-hybridized carbons (Fsp3) is 0.571. The molecule has 1 atom stereocenters. The first-order valence-corrected chi connectivity index (χ1v) is 7.41. The van der Waals surface area contributed by atoms with Crippen molar-refractivity contribution in [3.63, 3.8) is 0 Å². The summed E-state index contributed by atoms with van der Waals surface area (Å²) in [6, 6.07) is 1.75. The molecule has 20 heavy (non-hydrogen) atoms. The number of nitrogens with zero attached hydrogens (tertiary/aromatic N) is 2. The minimum absolute atomic E-state index is 0.182. The number of anilines is 1. The Morgan fingerprint density at radius 2 is 2.15 bits per heavy atom. The Morgan fingerprint density at radius 3 is 2.70 bits per heavy atom. The highest BCUT2D eigenvalue weighted by Crippen LogP contribution is 2.20. The van der Waals surface area contributed by atoms with Gasteiger partial charge >= 0.3 is 0 Å². The molecule has 0 saturated heterocycles.